The number of hydrogen-bond acceptors (Lipinski definition) is 3. The zero-order valence-electron chi connectivity index (χ0n) is 8.64. The van der Waals surface area contributed by atoms with Gasteiger partial charge in [0.15, 0.2) is 0 Å². The number of methoxy groups -OCH3 is 1. The molecule has 0 fully saturated rings. The second kappa shape index (κ2) is 5.25. The van der Waals surface area contributed by atoms with Gasteiger partial charge in [0.1, 0.15) is 0 Å². The second-order valence-electron chi connectivity index (χ2n) is 3.29. The summed E-state index contributed by atoms with van der Waals surface area (Å²) in [6.45, 7) is 0.666. The van der Waals surface area contributed by atoms with Gasteiger partial charge in [0.2, 0.25) is 10.0 Å². The largest absolute Gasteiger partial charge is 0.385 e. The molecule has 0 atom stereocenters. The Morgan fingerprint density at radius 3 is 2.73 bits per heavy atom. The van der Waals surface area contributed by atoms with Gasteiger partial charge >= 0.3 is 0 Å². The predicted octanol–water partition coefficient (Wildman–Crippen LogP) is 0.913. The number of ether oxygens (including phenoxy) is 1. The third-order valence-corrected chi connectivity index (χ3v) is 2.95. The molecule has 0 heterocycles. The zero-order valence-corrected chi connectivity index (χ0v) is 9.46. The summed E-state index contributed by atoms with van der Waals surface area (Å²) in [7, 11) is -1.95. The van der Waals surface area contributed by atoms with Crippen LogP contribution in [-0.2, 0) is 21.2 Å². The summed E-state index contributed by atoms with van der Waals surface area (Å²) in [6.07, 6.45) is 1.65. The smallest absolute Gasteiger partial charge is 0.238 e. The molecule has 0 aliphatic heterocycles. The summed E-state index contributed by atoms with van der Waals surface area (Å²) in [5, 5.41) is 5.03. The lowest BCUT2D eigenvalue weighted by Crippen LogP contribution is -2.12. The van der Waals surface area contributed by atoms with Gasteiger partial charge in [-0.15, -0.1) is 0 Å². The molecule has 1 aromatic rings. The normalized spacial score (nSPS) is 11.6. The molecule has 0 amide bonds. The molecule has 0 bridgehead atoms. The SMILES string of the molecule is COCCCc1cccc(S(N)(=O)=O)c1. The minimum atomic E-state index is -3.59. The van der Waals surface area contributed by atoms with Crippen molar-refractivity contribution in [2.45, 2.75) is 17.7 Å². The monoisotopic (exact) mass is 229 g/mol. The minimum Gasteiger partial charge on any atom is -0.385 e. The van der Waals surface area contributed by atoms with Crippen LogP contribution >= 0.6 is 0 Å². The first-order valence-corrected chi connectivity index (χ1v) is 6.19. The first-order valence-electron chi connectivity index (χ1n) is 4.65. The molecule has 0 radical (unpaired) electrons. The van der Waals surface area contributed by atoms with Gasteiger partial charge < -0.3 is 4.74 Å². The fraction of sp³-hybridized carbons (Fsp3) is 0.400. The van der Waals surface area contributed by atoms with E-state index < -0.39 is 10.0 Å². The number of benzene rings is 1. The van der Waals surface area contributed by atoms with Gasteiger partial charge in [0.25, 0.3) is 0 Å². The van der Waals surface area contributed by atoms with Crippen LogP contribution in [0, 0.1) is 0 Å². The fourth-order valence-electron chi connectivity index (χ4n) is 1.30. The highest BCUT2D eigenvalue weighted by Crippen LogP contribution is 2.11. The van der Waals surface area contributed by atoms with Crippen molar-refractivity contribution in [2.24, 2.45) is 5.14 Å². The van der Waals surface area contributed by atoms with E-state index in [2.05, 4.69) is 0 Å². The summed E-state index contributed by atoms with van der Waals surface area (Å²) >= 11 is 0. The van der Waals surface area contributed by atoms with Gasteiger partial charge in [-0.1, -0.05) is 12.1 Å². The first kappa shape index (κ1) is 12.2. The zero-order chi connectivity index (χ0) is 11.3. The number of sulfonamides is 1. The van der Waals surface area contributed by atoms with Crippen molar-refractivity contribution in [3.8, 4) is 0 Å². The van der Waals surface area contributed by atoms with Gasteiger partial charge in [-0.3, -0.25) is 0 Å². The fourth-order valence-corrected chi connectivity index (χ4v) is 1.88. The van der Waals surface area contributed by atoms with Crippen molar-refractivity contribution in [2.75, 3.05) is 13.7 Å². The summed E-state index contributed by atoms with van der Waals surface area (Å²) in [4.78, 5) is 0.164. The summed E-state index contributed by atoms with van der Waals surface area (Å²) in [5.74, 6) is 0. The van der Waals surface area contributed by atoms with E-state index in [1.54, 1.807) is 19.2 Å². The van der Waals surface area contributed by atoms with Crippen LogP contribution in [0.25, 0.3) is 0 Å². The third kappa shape index (κ3) is 3.99. The van der Waals surface area contributed by atoms with Gasteiger partial charge in [-0.25, -0.2) is 13.6 Å². The lowest BCUT2D eigenvalue weighted by molar-refractivity contribution is 0.195. The molecule has 0 saturated carbocycles. The molecule has 1 aromatic carbocycles. The molecule has 84 valence electrons. The van der Waals surface area contributed by atoms with E-state index >= 15 is 0 Å². The third-order valence-electron chi connectivity index (χ3n) is 2.04. The number of hydrogen-bond donors (Lipinski definition) is 1. The van der Waals surface area contributed by atoms with E-state index in [0.717, 1.165) is 18.4 Å². The summed E-state index contributed by atoms with van der Waals surface area (Å²) < 4.78 is 27.1. The van der Waals surface area contributed by atoms with Crippen LogP contribution in [0.15, 0.2) is 29.2 Å². The Labute approximate surface area is 90.1 Å². The Morgan fingerprint density at radius 1 is 1.40 bits per heavy atom. The van der Waals surface area contributed by atoms with E-state index in [9.17, 15) is 8.42 Å². The Kier molecular flexibility index (Phi) is 4.26. The molecule has 0 unspecified atom stereocenters. The molecule has 1 rings (SSSR count). The molecule has 2 N–H and O–H groups in total. The van der Waals surface area contributed by atoms with E-state index in [0.29, 0.717) is 6.61 Å². The van der Waals surface area contributed by atoms with Crippen LogP contribution in [0.3, 0.4) is 0 Å². The molecule has 0 aromatic heterocycles. The molecule has 15 heavy (non-hydrogen) atoms. The molecular formula is C10H15NO3S. The van der Waals surface area contributed by atoms with Crippen molar-refractivity contribution >= 4 is 10.0 Å². The first-order chi connectivity index (χ1) is 7.04. The van der Waals surface area contributed by atoms with Crippen molar-refractivity contribution < 1.29 is 13.2 Å². The van der Waals surface area contributed by atoms with Crippen LogP contribution in [0.5, 0.6) is 0 Å². The maximum absolute atomic E-state index is 11.1. The van der Waals surface area contributed by atoms with Crippen LogP contribution in [0.2, 0.25) is 0 Å². The van der Waals surface area contributed by atoms with Gasteiger partial charge in [-0.05, 0) is 30.5 Å². The number of primary sulfonamides is 1. The van der Waals surface area contributed by atoms with E-state index in [-0.39, 0.29) is 4.90 Å². The van der Waals surface area contributed by atoms with E-state index in [1.165, 1.54) is 6.07 Å². The van der Waals surface area contributed by atoms with Crippen molar-refractivity contribution in [3.05, 3.63) is 29.8 Å². The second-order valence-corrected chi connectivity index (χ2v) is 4.85. The Bertz CT molecular complexity index is 414. The van der Waals surface area contributed by atoms with Gasteiger partial charge in [-0.2, -0.15) is 0 Å². The maximum Gasteiger partial charge on any atom is 0.238 e. The highest BCUT2D eigenvalue weighted by molar-refractivity contribution is 7.89. The Balaban J connectivity index is 2.75. The Morgan fingerprint density at radius 2 is 2.13 bits per heavy atom. The number of nitrogens with two attached hydrogens (primary N) is 1. The van der Waals surface area contributed by atoms with E-state index in [1.807, 2.05) is 6.07 Å². The average molecular weight is 229 g/mol. The van der Waals surface area contributed by atoms with Crippen LogP contribution < -0.4 is 5.14 Å². The van der Waals surface area contributed by atoms with Crippen molar-refractivity contribution in [1.29, 1.82) is 0 Å². The summed E-state index contributed by atoms with van der Waals surface area (Å²) in [5.41, 5.74) is 0.957. The molecular weight excluding hydrogens is 214 g/mol. The van der Waals surface area contributed by atoms with Crippen LogP contribution in [-0.4, -0.2) is 22.1 Å². The predicted molar refractivity (Wildman–Crippen MR) is 58.0 cm³/mol. The molecule has 4 nitrogen and oxygen atoms in total. The molecule has 0 spiro atoms. The summed E-state index contributed by atoms with van der Waals surface area (Å²) in [6, 6.07) is 6.67. The van der Waals surface area contributed by atoms with Crippen LogP contribution in [0.4, 0.5) is 0 Å². The number of rotatable bonds is 5. The van der Waals surface area contributed by atoms with Gasteiger partial charge in [0, 0.05) is 13.7 Å². The minimum absolute atomic E-state index is 0.164. The highest BCUT2D eigenvalue weighted by Gasteiger charge is 2.07. The van der Waals surface area contributed by atoms with Crippen molar-refractivity contribution in [3.63, 3.8) is 0 Å². The lowest BCUT2D eigenvalue weighted by atomic mass is 10.1. The Hall–Kier alpha value is -0.910. The molecule has 0 aliphatic rings. The van der Waals surface area contributed by atoms with E-state index in [4.69, 9.17) is 9.88 Å². The average Bonchev–Trinajstić information content (AvgIpc) is 2.17. The van der Waals surface area contributed by atoms with Crippen LogP contribution in [0.1, 0.15) is 12.0 Å². The van der Waals surface area contributed by atoms with Crippen molar-refractivity contribution in [1.82, 2.24) is 0 Å². The maximum atomic E-state index is 11.1. The standard InChI is InChI=1S/C10H15NO3S/c1-14-7-3-5-9-4-2-6-10(8-9)15(11,12)13/h2,4,6,8H,3,5,7H2,1H3,(H2,11,12,13). The molecule has 0 aliphatic carbocycles. The highest BCUT2D eigenvalue weighted by atomic mass is 32.2. The number of aryl methyl sites for hydroxylation is 1. The molecule has 0 saturated heterocycles. The topological polar surface area (TPSA) is 69.4 Å². The molecule has 5 heteroatoms. The lowest BCUT2D eigenvalue weighted by Gasteiger charge is -2.03. The quantitative estimate of drug-likeness (QED) is 0.763. The van der Waals surface area contributed by atoms with Gasteiger partial charge in [0.05, 0.1) is 4.90 Å².